The summed E-state index contributed by atoms with van der Waals surface area (Å²) in [6.07, 6.45) is -0.838. The number of imide groups is 1. The van der Waals surface area contributed by atoms with Crippen LogP contribution in [0.3, 0.4) is 0 Å². The third kappa shape index (κ3) is 2.58. The van der Waals surface area contributed by atoms with Gasteiger partial charge >= 0.3 is 5.91 Å². The molecule has 0 unspecified atom stereocenters. The van der Waals surface area contributed by atoms with Gasteiger partial charge < -0.3 is 9.47 Å². The standard InChI is InChI=1S/C31H25N3O7/c1-4-28-32-25(20-12-6-5-7-13-20)26(38-28)39-30-22-15-9-11-17-24(22)34(19(3)36)31(30,40-28)41-29(30)21-14-8-10-16-23(21)33(18(2)35)27(29)37/h5-17,26H,4H2,1-3H3/t26-,28+,29+,30-,31-/m0/s1. The molecule has 0 radical (unpaired) electrons. The normalized spacial score (nSPS) is 33.9. The molecule has 5 atom stereocenters. The van der Waals surface area contributed by atoms with Gasteiger partial charge in [-0.25, -0.2) is 9.89 Å². The Kier molecular flexibility index (Phi) is 4.64. The summed E-state index contributed by atoms with van der Waals surface area (Å²) in [5, 5.41) is 0. The number of carbonyl (C=O) groups is 3. The molecule has 3 aromatic rings. The number of carbonyl (C=O) groups excluding carboxylic acids is 3. The Hall–Kier alpha value is -4.22. The van der Waals surface area contributed by atoms with Crippen molar-refractivity contribution in [1.82, 2.24) is 0 Å². The summed E-state index contributed by atoms with van der Waals surface area (Å²) < 4.78 is 27.0. The topological polar surface area (TPSA) is 107 Å². The summed E-state index contributed by atoms with van der Waals surface area (Å²) in [6.45, 7) is 4.57. The van der Waals surface area contributed by atoms with Gasteiger partial charge in [0.1, 0.15) is 5.71 Å². The lowest BCUT2D eigenvalue weighted by Gasteiger charge is -2.64. The van der Waals surface area contributed by atoms with E-state index in [2.05, 4.69) is 0 Å². The van der Waals surface area contributed by atoms with Gasteiger partial charge in [-0.2, -0.15) is 0 Å². The first kappa shape index (κ1) is 24.6. The third-order valence-electron chi connectivity index (χ3n) is 8.61. The van der Waals surface area contributed by atoms with Crippen molar-refractivity contribution in [3.05, 3.63) is 95.6 Å². The summed E-state index contributed by atoms with van der Waals surface area (Å²) in [6, 6.07) is 23.5. The Morgan fingerprint density at radius 2 is 1.49 bits per heavy atom. The maximum atomic E-state index is 14.6. The zero-order valence-corrected chi connectivity index (χ0v) is 22.5. The van der Waals surface area contributed by atoms with E-state index in [0.29, 0.717) is 28.2 Å². The first-order chi connectivity index (χ1) is 19.8. The van der Waals surface area contributed by atoms with Crippen LogP contribution in [-0.2, 0) is 44.5 Å². The van der Waals surface area contributed by atoms with Gasteiger partial charge in [0.2, 0.25) is 29.3 Å². The number of nitrogens with zero attached hydrogens (tertiary/aromatic N) is 3. The number of para-hydroxylation sites is 2. The average Bonchev–Trinajstić information content (AvgIpc) is 3.49. The Balaban J connectivity index is 1.46. The highest BCUT2D eigenvalue weighted by Gasteiger charge is 2.93. The lowest BCUT2D eigenvalue weighted by molar-refractivity contribution is -0.493. The molecule has 2 bridgehead atoms. The molecule has 0 aliphatic carbocycles. The second kappa shape index (κ2) is 7.74. The summed E-state index contributed by atoms with van der Waals surface area (Å²) in [5.74, 6) is -5.05. The van der Waals surface area contributed by atoms with E-state index in [1.165, 1.54) is 18.7 Å². The number of hydrogen-bond donors (Lipinski definition) is 0. The number of fused-ring (bicyclic) bond motifs is 5. The van der Waals surface area contributed by atoms with Crippen molar-refractivity contribution in [3.63, 3.8) is 0 Å². The molecule has 10 nitrogen and oxygen atoms in total. The molecule has 2 saturated heterocycles. The first-order valence-corrected chi connectivity index (χ1v) is 13.5. The van der Waals surface area contributed by atoms with Gasteiger partial charge in [-0.1, -0.05) is 73.7 Å². The largest absolute Gasteiger partial charge is 0.323 e. The minimum atomic E-state index is -1.96. The highest BCUT2D eigenvalue weighted by atomic mass is 16.9. The van der Waals surface area contributed by atoms with Crippen LogP contribution in [0.25, 0.3) is 0 Å². The van der Waals surface area contributed by atoms with Crippen LogP contribution in [0.15, 0.2) is 83.9 Å². The predicted octanol–water partition coefficient (Wildman–Crippen LogP) is 3.68. The number of hydrogen-bond acceptors (Lipinski definition) is 8. The quantitative estimate of drug-likeness (QED) is 0.478. The number of rotatable bonds is 2. The van der Waals surface area contributed by atoms with Crippen LogP contribution in [0.2, 0.25) is 0 Å². The van der Waals surface area contributed by atoms with E-state index in [1.54, 1.807) is 48.5 Å². The average molecular weight is 552 g/mol. The molecular weight excluding hydrogens is 526 g/mol. The second-order valence-electron chi connectivity index (χ2n) is 10.7. The summed E-state index contributed by atoms with van der Waals surface area (Å²) in [5.41, 5.74) is -0.612. The molecule has 41 heavy (non-hydrogen) atoms. The van der Waals surface area contributed by atoms with Crippen molar-refractivity contribution >= 4 is 34.8 Å². The summed E-state index contributed by atoms with van der Waals surface area (Å²) in [7, 11) is 0. The molecule has 0 N–H and O–H groups in total. The molecular formula is C31H25N3O7. The van der Waals surface area contributed by atoms with Crippen LogP contribution in [0, 0.1) is 0 Å². The van der Waals surface area contributed by atoms with Gasteiger partial charge in [0.05, 0.1) is 11.4 Å². The molecule has 8 rings (SSSR count). The fourth-order valence-corrected chi connectivity index (χ4v) is 7.08. The van der Waals surface area contributed by atoms with E-state index in [0.717, 1.165) is 10.5 Å². The minimum absolute atomic E-state index is 0.254. The van der Waals surface area contributed by atoms with Crippen molar-refractivity contribution < 1.29 is 33.3 Å². The van der Waals surface area contributed by atoms with E-state index < -0.39 is 47.0 Å². The monoisotopic (exact) mass is 551 g/mol. The van der Waals surface area contributed by atoms with Crippen molar-refractivity contribution in [2.45, 2.75) is 56.5 Å². The van der Waals surface area contributed by atoms with Crippen molar-refractivity contribution in [2.75, 3.05) is 9.80 Å². The molecule has 3 aromatic carbocycles. The minimum Gasteiger partial charge on any atom is -0.323 e. The van der Waals surface area contributed by atoms with Crippen molar-refractivity contribution in [1.29, 1.82) is 0 Å². The number of benzene rings is 3. The van der Waals surface area contributed by atoms with Crippen molar-refractivity contribution in [2.24, 2.45) is 4.99 Å². The summed E-state index contributed by atoms with van der Waals surface area (Å²) >= 11 is 0. The zero-order valence-electron chi connectivity index (χ0n) is 22.5. The molecule has 5 aliphatic rings. The fourth-order valence-electron chi connectivity index (χ4n) is 7.08. The van der Waals surface area contributed by atoms with E-state index in [4.69, 9.17) is 23.9 Å². The predicted molar refractivity (Wildman–Crippen MR) is 144 cm³/mol. The maximum Gasteiger partial charge on any atom is 0.302 e. The Morgan fingerprint density at radius 3 is 2.17 bits per heavy atom. The highest BCUT2D eigenvalue weighted by molar-refractivity contribution is 6.23. The van der Waals surface area contributed by atoms with Gasteiger partial charge in [-0.05, 0) is 12.1 Å². The van der Waals surface area contributed by atoms with E-state index >= 15 is 0 Å². The Bertz CT molecular complexity index is 1730. The van der Waals surface area contributed by atoms with E-state index in [9.17, 15) is 14.4 Å². The second-order valence-corrected chi connectivity index (χ2v) is 10.7. The molecule has 10 heteroatoms. The number of amides is 3. The SMILES string of the molecule is CC[C@@]12N=C(c3ccccc3)[C@@H](O1)O[C@]13c4ccccc4N(C(C)=O)[C@@]1(O2)O[C@]31C(=O)N(C(C)=O)c2ccccc21. The third-order valence-corrected chi connectivity index (χ3v) is 8.61. The Morgan fingerprint density at radius 1 is 0.829 bits per heavy atom. The fraction of sp³-hybridized carbons (Fsp3) is 0.290. The van der Waals surface area contributed by atoms with E-state index in [1.807, 2.05) is 37.3 Å². The van der Waals surface area contributed by atoms with Crippen LogP contribution in [0.4, 0.5) is 11.4 Å². The van der Waals surface area contributed by atoms with Crippen LogP contribution in [-0.4, -0.2) is 41.5 Å². The van der Waals surface area contributed by atoms with Crippen LogP contribution < -0.4 is 9.80 Å². The molecule has 5 aliphatic heterocycles. The number of aliphatic imine (C=N–C) groups is 1. The van der Waals surface area contributed by atoms with Gasteiger partial charge in [0.15, 0.2) is 0 Å². The maximum absolute atomic E-state index is 14.6. The van der Waals surface area contributed by atoms with Gasteiger partial charge in [-0.15, -0.1) is 0 Å². The van der Waals surface area contributed by atoms with Crippen LogP contribution in [0.5, 0.6) is 0 Å². The van der Waals surface area contributed by atoms with Crippen LogP contribution >= 0.6 is 0 Å². The highest BCUT2D eigenvalue weighted by Crippen LogP contribution is 2.76. The molecule has 1 spiro atoms. The molecule has 0 saturated carbocycles. The smallest absolute Gasteiger partial charge is 0.302 e. The first-order valence-electron chi connectivity index (χ1n) is 13.5. The zero-order chi connectivity index (χ0) is 28.4. The van der Waals surface area contributed by atoms with Crippen LogP contribution in [0.1, 0.15) is 43.9 Å². The molecule has 0 aromatic heterocycles. The van der Waals surface area contributed by atoms with Gasteiger partial charge in [-0.3, -0.25) is 28.8 Å². The Labute approximate surface area is 235 Å². The molecule has 206 valence electrons. The lowest BCUT2D eigenvalue weighted by atomic mass is 9.67. The van der Waals surface area contributed by atoms with E-state index in [-0.39, 0.29) is 6.42 Å². The number of anilines is 2. The van der Waals surface area contributed by atoms with Gasteiger partial charge in [0, 0.05) is 37.0 Å². The van der Waals surface area contributed by atoms with Gasteiger partial charge in [0.25, 0.3) is 11.8 Å². The molecule has 5 heterocycles. The lowest BCUT2D eigenvalue weighted by Crippen LogP contribution is -2.85. The summed E-state index contributed by atoms with van der Waals surface area (Å²) in [4.78, 5) is 48.2. The molecule has 2 fully saturated rings. The number of ether oxygens (including phenoxy) is 4. The molecule has 3 amide bonds. The van der Waals surface area contributed by atoms with Crippen molar-refractivity contribution in [3.8, 4) is 0 Å².